The average Bonchev–Trinajstić information content (AvgIpc) is 2.14. The number of rotatable bonds is 2. The minimum Gasteiger partial charge on any atom is -0.398 e. The van der Waals surface area contributed by atoms with Crippen LogP contribution in [0.3, 0.4) is 0 Å². The number of aliphatic hydroxyl groups is 1. The molecule has 2 nitrogen and oxygen atoms in total. The van der Waals surface area contributed by atoms with Crippen molar-refractivity contribution >= 4 is 11.8 Å². The van der Waals surface area contributed by atoms with Gasteiger partial charge < -0.3 is 10.8 Å². The number of anilines is 1. The molecule has 0 fully saturated rings. The van der Waals surface area contributed by atoms with Gasteiger partial charge in [-0.3, -0.25) is 0 Å². The maximum absolute atomic E-state index is 12.2. The summed E-state index contributed by atoms with van der Waals surface area (Å²) in [5.41, 5.74) is 5.14. The second kappa shape index (κ2) is 4.35. The smallest absolute Gasteiger partial charge is 0.398 e. The molecule has 1 rings (SSSR count). The summed E-state index contributed by atoms with van der Waals surface area (Å²) >= 11 is 0. The van der Waals surface area contributed by atoms with Crippen LogP contribution in [0.2, 0.25) is 0 Å². The second-order valence-corrected chi connectivity index (χ2v) is 2.93. The topological polar surface area (TPSA) is 46.2 Å². The highest BCUT2D eigenvalue weighted by Crippen LogP contribution is 2.31. The van der Waals surface area contributed by atoms with E-state index in [0.717, 1.165) is 12.1 Å². The van der Waals surface area contributed by atoms with Gasteiger partial charge in [0.1, 0.15) is 0 Å². The third-order valence-corrected chi connectivity index (χ3v) is 1.82. The predicted molar refractivity (Wildman–Crippen MR) is 52.0 cm³/mol. The average molecular weight is 217 g/mol. The first-order valence-corrected chi connectivity index (χ1v) is 4.19. The molecule has 0 saturated carbocycles. The molecule has 0 atom stereocenters. The van der Waals surface area contributed by atoms with Gasteiger partial charge >= 0.3 is 6.18 Å². The summed E-state index contributed by atoms with van der Waals surface area (Å²) in [6, 6.07) is 3.09. The number of benzene rings is 1. The van der Waals surface area contributed by atoms with E-state index in [-0.39, 0.29) is 12.3 Å². The van der Waals surface area contributed by atoms with E-state index in [1.165, 1.54) is 18.2 Å². The van der Waals surface area contributed by atoms with Crippen molar-refractivity contribution in [3.8, 4) is 0 Å². The van der Waals surface area contributed by atoms with Crippen LogP contribution in [0, 0.1) is 0 Å². The number of nitrogens with two attached hydrogens (primary N) is 1. The molecule has 1 aromatic carbocycles. The Morgan fingerprint density at radius 1 is 1.33 bits per heavy atom. The van der Waals surface area contributed by atoms with Gasteiger partial charge in [-0.2, -0.15) is 13.2 Å². The van der Waals surface area contributed by atoms with E-state index < -0.39 is 11.7 Å². The number of halogens is 3. The second-order valence-electron chi connectivity index (χ2n) is 2.93. The normalized spacial score (nSPS) is 12.3. The standard InChI is InChI=1S/C10H10F3NO/c11-10(12,13)8-4-3-7(2-1-5-15)9(14)6-8/h1-4,6,15H,5,14H2. The highest BCUT2D eigenvalue weighted by molar-refractivity contribution is 5.65. The van der Waals surface area contributed by atoms with E-state index >= 15 is 0 Å². The molecule has 0 unspecified atom stereocenters. The fraction of sp³-hybridized carbons (Fsp3) is 0.200. The molecule has 82 valence electrons. The first-order chi connectivity index (χ1) is 6.95. The molecule has 15 heavy (non-hydrogen) atoms. The van der Waals surface area contributed by atoms with E-state index in [2.05, 4.69) is 0 Å². The maximum Gasteiger partial charge on any atom is 0.416 e. The summed E-state index contributed by atoms with van der Waals surface area (Å²) in [4.78, 5) is 0. The lowest BCUT2D eigenvalue weighted by Gasteiger charge is -2.08. The van der Waals surface area contributed by atoms with E-state index in [4.69, 9.17) is 10.8 Å². The van der Waals surface area contributed by atoms with E-state index in [0.29, 0.717) is 5.56 Å². The Morgan fingerprint density at radius 3 is 2.47 bits per heavy atom. The predicted octanol–water partition coefficient (Wildman–Crippen LogP) is 2.29. The zero-order valence-corrected chi connectivity index (χ0v) is 7.75. The highest BCUT2D eigenvalue weighted by atomic mass is 19.4. The minimum absolute atomic E-state index is 0.0366. The Hall–Kier alpha value is -1.49. The van der Waals surface area contributed by atoms with Gasteiger partial charge in [0.25, 0.3) is 0 Å². The van der Waals surface area contributed by atoms with Gasteiger partial charge in [0.2, 0.25) is 0 Å². The van der Waals surface area contributed by atoms with E-state index in [9.17, 15) is 13.2 Å². The molecule has 0 aliphatic heterocycles. The van der Waals surface area contributed by atoms with Gasteiger partial charge in [-0.15, -0.1) is 0 Å². The first kappa shape index (κ1) is 11.6. The van der Waals surface area contributed by atoms with Crippen LogP contribution in [0.4, 0.5) is 18.9 Å². The Balaban J connectivity index is 3.04. The number of hydrogen-bond donors (Lipinski definition) is 2. The quantitative estimate of drug-likeness (QED) is 0.746. The molecule has 5 heteroatoms. The molecule has 0 heterocycles. The van der Waals surface area contributed by atoms with Gasteiger partial charge in [0, 0.05) is 5.69 Å². The van der Waals surface area contributed by atoms with Crippen LogP contribution in [-0.4, -0.2) is 11.7 Å². The molecule has 0 amide bonds. The molecule has 0 radical (unpaired) electrons. The Kier molecular flexibility index (Phi) is 3.36. The molecule has 0 spiro atoms. The van der Waals surface area contributed by atoms with Crippen molar-refractivity contribution in [2.45, 2.75) is 6.18 Å². The molecule has 3 N–H and O–H groups in total. The van der Waals surface area contributed by atoms with Crippen LogP contribution in [0.1, 0.15) is 11.1 Å². The van der Waals surface area contributed by atoms with Gasteiger partial charge in [-0.25, -0.2) is 0 Å². The van der Waals surface area contributed by atoms with Crippen LogP contribution in [0.5, 0.6) is 0 Å². The van der Waals surface area contributed by atoms with Crippen molar-refractivity contribution in [1.29, 1.82) is 0 Å². The summed E-state index contributed by atoms with van der Waals surface area (Å²) in [6.45, 7) is -0.180. The molecule has 0 aromatic heterocycles. The maximum atomic E-state index is 12.2. The van der Waals surface area contributed by atoms with Crippen molar-refractivity contribution in [3.63, 3.8) is 0 Å². The van der Waals surface area contributed by atoms with Crippen molar-refractivity contribution in [3.05, 3.63) is 35.4 Å². The number of alkyl halides is 3. The van der Waals surface area contributed by atoms with Crippen LogP contribution < -0.4 is 5.73 Å². The van der Waals surface area contributed by atoms with Crippen molar-refractivity contribution in [2.75, 3.05) is 12.3 Å². The number of nitrogen functional groups attached to an aromatic ring is 1. The molecule has 0 aliphatic rings. The van der Waals surface area contributed by atoms with Crippen LogP contribution in [0.15, 0.2) is 24.3 Å². The Bertz CT molecular complexity index is 371. The largest absolute Gasteiger partial charge is 0.416 e. The monoisotopic (exact) mass is 217 g/mol. The van der Waals surface area contributed by atoms with Gasteiger partial charge in [-0.1, -0.05) is 18.2 Å². The molecule has 1 aromatic rings. The van der Waals surface area contributed by atoms with Gasteiger partial charge in [0.05, 0.1) is 12.2 Å². The fourth-order valence-electron chi connectivity index (χ4n) is 1.08. The summed E-state index contributed by atoms with van der Waals surface area (Å²) in [6.07, 6.45) is -1.51. The van der Waals surface area contributed by atoms with Crippen molar-refractivity contribution in [1.82, 2.24) is 0 Å². The number of hydrogen-bond acceptors (Lipinski definition) is 2. The lowest BCUT2D eigenvalue weighted by Crippen LogP contribution is -2.05. The highest BCUT2D eigenvalue weighted by Gasteiger charge is 2.30. The fourth-order valence-corrected chi connectivity index (χ4v) is 1.08. The SMILES string of the molecule is Nc1cc(C(F)(F)F)ccc1C=CCO. The van der Waals surface area contributed by atoms with Crippen LogP contribution in [-0.2, 0) is 6.18 Å². The first-order valence-electron chi connectivity index (χ1n) is 4.19. The molecular formula is C10H10F3NO. The Labute approximate surface area is 84.8 Å². The summed E-state index contributed by atoms with van der Waals surface area (Å²) in [5.74, 6) is 0. The summed E-state index contributed by atoms with van der Waals surface area (Å²) in [5, 5.41) is 8.49. The molecule has 0 saturated heterocycles. The van der Waals surface area contributed by atoms with Gasteiger partial charge in [0.15, 0.2) is 0 Å². The van der Waals surface area contributed by atoms with Crippen molar-refractivity contribution in [2.24, 2.45) is 0 Å². The van der Waals surface area contributed by atoms with E-state index in [1.807, 2.05) is 0 Å². The Morgan fingerprint density at radius 2 is 2.00 bits per heavy atom. The molecule has 0 aliphatic carbocycles. The van der Waals surface area contributed by atoms with E-state index in [1.54, 1.807) is 0 Å². The molecule has 0 bridgehead atoms. The zero-order valence-electron chi connectivity index (χ0n) is 7.75. The minimum atomic E-state index is -4.38. The van der Waals surface area contributed by atoms with Crippen LogP contribution in [0.25, 0.3) is 6.08 Å². The molecular weight excluding hydrogens is 207 g/mol. The summed E-state index contributed by atoms with van der Waals surface area (Å²) in [7, 11) is 0. The lowest BCUT2D eigenvalue weighted by atomic mass is 10.1. The zero-order chi connectivity index (χ0) is 11.5. The number of aliphatic hydroxyl groups excluding tert-OH is 1. The summed E-state index contributed by atoms with van der Waals surface area (Å²) < 4.78 is 36.7. The van der Waals surface area contributed by atoms with Crippen LogP contribution >= 0.6 is 0 Å². The van der Waals surface area contributed by atoms with Gasteiger partial charge in [-0.05, 0) is 17.7 Å². The van der Waals surface area contributed by atoms with Crippen molar-refractivity contribution < 1.29 is 18.3 Å². The third kappa shape index (κ3) is 2.99. The third-order valence-electron chi connectivity index (χ3n) is 1.82. The lowest BCUT2D eigenvalue weighted by molar-refractivity contribution is -0.137.